The minimum Gasteiger partial charge on any atom is -0.439 e. The first-order valence-electron chi connectivity index (χ1n) is 9.00. The first kappa shape index (κ1) is 16.7. The predicted octanol–water partition coefficient (Wildman–Crippen LogP) is 3.25. The molecule has 0 spiro atoms. The van der Waals surface area contributed by atoms with E-state index in [9.17, 15) is 4.79 Å². The summed E-state index contributed by atoms with van der Waals surface area (Å²) in [5.41, 5.74) is 1.55. The molecule has 1 N–H and O–H groups in total. The maximum absolute atomic E-state index is 12.3. The summed E-state index contributed by atoms with van der Waals surface area (Å²) in [4.78, 5) is 21.0. The van der Waals surface area contributed by atoms with Gasteiger partial charge in [0.25, 0.3) is 0 Å². The zero-order valence-electron chi connectivity index (χ0n) is 14.2. The van der Waals surface area contributed by atoms with Gasteiger partial charge in [-0.1, -0.05) is 24.4 Å². The van der Waals surface area contributed by atoms with E-state index < -0.39 is 0 Å². The summed E-state index contributed by atoms with van der Waals surface area (Å²) in [6.45, 7) is 3.80. The number of carbonyl (C=O) groups is 1. The molecule has 1 saturated carbocycles. The Morgan fingerprint density at radius 3 is 2.76 bits per heavy atom. The summed E-state index contributed by atoms with van der Waals surface area (Å²) in [5, 5.41) is 3.82. The van der Waals surface area contributed by atoms with Crippen LogP contribution in [0.1, 0.15) is 31.6 Å². The second kappa shape index (κ2) is 7.22. The van der Waals surface area contributed by atoms with Crippen LogP contribution in [0.5, 0.6) is 0 Å². The van der Waals surface area contributed by atoms with Gasteiger partial charge in [0.2, 0.25) is 5.89 Å². The molecule has 0 bridgehead atoms. The number of piperazine rings is 1. The molecule has 1 aromatic carbocycles. The lowest BCUT2D eigenvalue weighted by molar-refractivity contribution is 0.127. The number of halogens is 1. The molecule has 2 aromatic rings. The smallest absolute Gasteiger partial charge is 0.317 e. The number of oxazole rings is 1. The molecule has 0 radical (unpaired) electrons. The van der Waals surface area contributed by atoms with Crippen molar-refractivity contribution in [1.29, 1.82) is 0 Å². The Morgan fingerprint density at radius 2 is 2.00 bits per heavy atom. The number of aromatic nitrogens is 1. The molecule has 6 nitrogen and oxygen atoms in total. The van der Waals surface area contributed by atoms with Crippen LogP contribution in [0, 0.1) is 0 Å². The highest BCUT2D eigenvalue weighted by Crippen LogP contribution is 2.21. The molecule has 2 heterocycles. The highest BCUT2D eigenvalue weighted by Gasteiger charge is 2.25. The van der Waals surface area contributed by atoms with Crippen molar-refractivity contribution in [2.75, 3.05) is 26.2 Å². The van der Waals surface area contributed by atoms with Crippen LogP contribution in [0.3, 0.4) is 0 Å². The largest absolute Gasteiger partial charge is 0.439 e. The van der Waals surface area contributed by atoms with E-state index >= 15 is 0 Å². The Kier molecular flexibility index (Phi) is 4.81. The van der Waals surface area contributed by atoms with Crippen molar-refractivity contribution in [3.05, 3.63) is 29.1 Å². The fraction of sp³-hybridized carbons (Fsp3) is 0.556. The Balaban J connectivity index is 1.29. The summed E-state index contributed by atoms with van der Waals surface area (Å²) in [5.74, 6) is 0.695. The van der Waals surface area contributed by atoms with Crippen LogP contribution >= 0.6 is 11.6 Å². The second-order valence-corrected chi connectivity index (χ2v) is 7.35. The predicted molar refractivity (Wildman–Crippen MR) is 96.7 cm³/mol. The summed E-state index contributed by atoms with van der Waals surface area (Å²) in [7, 11) is 0. The number of urea groups is 1. The van der Waals surface area contributed by atoms with Crippen molar-refractivity contribution in [2.24, 2.45) is 0 Å². The van der Waals surface area contributed by atoms with Crippen LogP contribution in [0.2, 0.25) is 5.02 Å². The third-order valence-corrected chi connectivity index (χ3v) is 5.33. The quantitative estimate of drug-likeness (QED) is 0.910. The maximum Gasteiger partial charge on any atom is 0.317 e. The van der Waals surface area contributed by atoms with Gasteiger partial charge in [-0.25, -0.2) is 9.78 Å². The van der Waals surface area contributed by atoms with Crippen molar-refractivity contribution >= 4 is 28.7 Å². The lowest BCUT2D eigenvalue weighted by Gasteiger charge is -2.34. The number of carbonyl (C=O) groups excluding carboxylic acids is 1. The third-order valence-electron chi connectivity index (χ3n) is 5.10. The normalized spacial score (nSPS) is 19.6. The van der Waals surface area contributed by atoms with Crippen LogP contribution < -0.4 is 5.32 Å². The summed E-state index contributed by atoms with van der Waals surface area (Å²) in [6, 6.07) is 5.93. The van der Waals surface area contributed by atoms with Crippen LogP contribution in [0.4, 0.5) is 4.79 Å². The van der Waals surface area contributed by atoms with Gasteiger partial charge in [0, 0.05) is 37.2 Å². The molecule has 134 valence electrons. The minimum atomic E-state index is 0.0862. The summed E-state index contributed by atoms with van der Waals surface area (Å²) in [6.07, 6.45) is 4.70. The van der Waals surface area contributed by atoms with Crippen molar-refractivity contribution in [3.63, 3.8) is 0 Å². The lowest BCUT2D eigenvalue weighted by Crippen LogP contribution is -2.52. The number of nitrogens with zero attached hydrogens (tertiary/aromatic N) is 3. The van der Waals surface area contributed by atoms with Gasteiger partial charge in [0.1, 0.15) is 5.52 Å². The van der Waals surface area contributed by atoms with Gasteiger partial charge in [0.15, 0.2) is 5.58 Å². The molecular weight excluding hydrogens is 340 g/mol. The van der Waals surface area contributed by atoms with Gasteiger partial charge in [-0.05, 0) is 31.0 Å². The van der Waals surface area contributed by atoms with Crippen molar-refractivity contribution < 1.29 is 9.21 Å². The zero-order chi connectivity index (χ0) is 17.2. The second-order valence-electron chi connectivity index (χ2n) is 6.91. The molecule has 2 amide bonds. The zero-order valence-corrected chi connectivity index (χ0v) is 15.0. The van der Waals surface area contributed by atoms with E-state index in [1.165, 1.54) is 12.8 Å². The number of amides is 2. The van der Waals surface area contributed by atoms with Crippen LogP contribution in [-0.4, -0.2) is 53.0 Å². The topological polar surface area (TPSA) is 61.6 Å². The van der Waals surface area contributed by atoms with Crippen LogP contribution in [0.15, 0.2) is 22.6 Å². The Labute approximate surface area is 152 Å². The molecule has 4 rings (SSSR count). The highest BCUT2D eigenvalue weighted by molar-refractivity contribution is 6.31. The van der Waals surface area contributed by atoms with E-state index in [2.05, 4.69) is 15.2 Å². The monoisotopic (exact) mass is 362 g/mol. The standard InChI is InChI=1S/C18H23ClN4O2/c19-13-5-6-16-15(11-13)21-17(25-16)12-22-7-9-23(10-8-22)18(24)20-14-3-1-2-4-14/h5-6,11,14H,1-4,7-10,12H2,(H,20,24). The van der Waals surface area contributed by atoms with Gasteiger partial charge in [-0.15, -0.1) is 0 Å². The highest BCUT2D eigenvalue weighted by atomic mass is 35.5. The van der Waals surface area contributed by atoms with Crippen molar-refractivity contribution in [1.82, 2.24) is 20.1 Å². The molecule has 25 heavy (non-hydrogen) atoms. The molecule has 1 saturated heterocycles. The average Bonchev–Trinajstić information content (AvgIpc) is 3.24. The molecular formula is C18H23ClN4O2. The Morgan fingerprint density at radius 1 is 1.24 bits per heavy atom. The third kappa shape index (κ3) is 3.90. The number of hydrogen-bond donors (Lipinski definition) is 1. The van der Waals surface area contributed by atoms with Gasteiger partial charge < -0.3 is 14.6 Å². The van der Waals surface area contributed by atoms with E-state index in [1.807, 2.05) is 17.0 Å². The molecule has 0 atom stereocenters. The minimum absolute atomic E-state index is 0.0862. The van der Waals surface area contributed by atoms with Gasteiger partial charge in [-0.3, -0.25) is 4.90 Å². The molecule has 2 fully saturated rings. The SMILES string of the molecule is O=C(NC1CCCC1)N1CCN(Cc2nc3cc(Cl)ccc3o2)CC1. The number of hydrogen-bond acceptors (Lipinski definition) is 4. The number of fused-ring (bicyclic) bond motifs is 1. The fourth-order valence-electron chi connectivity index (χ4n) is 3.65. The van der Waals surface area contributed by atoms with E-state index in [4.69, 9.17) is 16.0 Å². The maximum atomic E-state index is 12.3. The van der Waals surface area contributed by atoms with E-state index in [0.29, 0.717) is 23.5 Å². The molecule has 2 aliphatic rings. The average molecular weight is 363 g/mol. The molecule has 7 heteroatoms. The molecule has 0 unspecified atom stereocenters. The molecule has 1 aromatic heterocycles. The number of nitrogens with one attached hydrogen (secondary N) is 1. The van der Waals surface area contributed by atoms with Crippen molar-refractivity contribution in [2.45, 2.75) is 38.3 Å². The number of benzene rings is 1. The van der Waals surface area contributed by atoms with Gasteiger partial charge in [0.05, 0.1) is 6.54 Å². The van der Waals surface area contributed by atoms with Crippen LogP contribution in [0.25, 0.3) is 11.1 Å². The first-order valence-corrected chi connectivity index (χ1v) is 9.38. The summed E-state index contributed by atoms with van der Waals surface area (Å²) >= 11 is 5.99. The Bertz CT molecular complexity index is 749. The summed E-state index contributed by atoms with van der Waals surface area (Å²) < 4.78 is 5.78. The molecule has 1 aliphatic heterocycles. The Hall–Kier alpha value is -1.79. The number of rotatable bonds is 3. The van der Waals surface area contributed by atoms with Crippen molar-refractivity contribution in [3.8, 4) is 0 Å². The first-order chi connectivity index (χ1) is 12.2. The van der Waals surface area contributed by atoms with Gasteiger partial charge >= 0.3 is 6.03 Å². The van der Waals surface area contributed by atoms with Crippen LogP contribution in [-0.2, 0) is 6.54 Å². The van der Waals surface area contributed by atoms with E-state index in [1.54, 1.807) is 6.07 Å². The fourth-order valence-corrected chi connectivity index (χ4v) is 3.82. The molecule has 1 aliphatic carbocycles. The lowest BCUT2D eigenvalue weighted by atomic mass is 10.2. The van der Waals surface area contributed by atoms with Gasteiger partial charge in [-0.2, -0.15) is 0 Å². The van der Waals surface area contributed by atoms with E-state index in [0.717, 1.165) is 50.1 Å². The van der Waals surface area contributed by atoms with E-state index in [-0.39, 0.29) is 6.03 Å².